The SMILES string of the molecule is CCCn1c(=O)c2[nH]c(-c3ccc(S(=O)(=O)Oc4cccc([N+](=O)[O-])c4)cc3)nc2n(CCC)c1=O. The van der Waals surface area contributed by atoms with Gasteiger partial charge in [0, 0.05) is 24.7 Å². The number of nitro groups is 1. The fourth-order valence-electron chi connectivity index (χ4n) is 3.75. The number of nitro benzene ring substituents is 1. The van der Waals surface area contributed by atoms with Crippen LogP contribution >= 0.6 is 0 Å². The molecule has 0 amide bonds. The summed E-state index contributed by atoms with van der Waals surface area (Å²) < 4.78 is 33.0. The van der Waals surface area contributed by atoms with Crippen molar-refractivity contribution in [3.63, 3.8) is 0 Å². The van der Waals surface area contributed by atoms with Gasteiger partial charge in [0.15, 0.2) is 5.65 Å². The van der Waals surface area contributed by atoms with E-state index in [1.165, 1.54) is 51.6 Å². The first-order valence-corrected chi connectivity index (χ1v) is 12.6. The molecule has 36 heavy (non-hydrogen) atoms. The van der Waals surface area contributed by atoms with E-state index in [0.29, 0.717) is 30.8 Å². The quantitative estimate of drug-likeness (QED) is 0.203. The third kappa shape index (κ3) is 4.64. The largest absolute Gasteiger partial charge is 0.379 e. The van der Waals surface area contributed by atoms with Crippen LogP contribution in [0, 0.1) is 10.1 Å². The van der Waals surface area contributed by atoms with Crippen molar-refractivity contribution in [3.8, 4) is 17.1 Å². The lowest BCUT2D eigenvalue weighted by Gasteiger charge is -2.09. The second kappa shape index (κ2) is 9.77. The van der Waals surface area contributed by atoms with Crippen molar-refractivity contribution >= 4 is 27.0 Å². The molecule has 0 bridgehead atoms. The molecular formula is C23H23N5O7S. The van der Waals surface area contributed by atoms with Crippen molar-refractivity contribution < 1.29 is 17.5 Å². The first kappa shape index (κ1) is 24.9. The molecule has 0 radical (unpaired) electrons. The number of nitrogens with one attached hydrogen (secondary N) is 1. The van der Waals surface area contributed by atoms with Crippen LogP contribution in [-0.2, 0) is 23.2 Å². The van der Waals surface area contributed by atoms with Crippen LogP contribution in [0.2, 0.25) is 0 Å². The van der Waals surface area contributed by atoms with E-state index in [-0.39, 0.29) is 34.0 Å². The zero-order chi connectivity index (χ0) is 26.0. The monoisotopic (exact) mass is 513 g/mol. The third-order valence-electron chi connectivity index (χ3n) is 5.41. The van der Waals surface area contributed by atoms with Gasteiger partial charge in [0.05, 0.1) is 11.0 Å². The van der Waals surface area contributed by atoms with Gasteiger partial charge in [-0.3, -0.25) is 24.0 Å². The first-order valence-electron chi connectivity index (χ1n) is 11.2. The number of hydrogen-bond acceptors (Lipinski definition) is 8. The minimum atomic E-state index is -4.27. The van der Waals surface area contributed by atoms with Gasteiger partial charge in [-0.1, -0.05) is 19.9 Å². The molecule has 4 aromatic rings. The van der Waals surface area contributed by atoms with E-state index < -0.39 is 26.3 Å². The third-order valence-corrected chi connectivity index (χ3v) is 6.67. The Morgan fingerprint density at radius 1 is 1.03 bits per heavy atom. The van der Waals surface area contributed by atoms with E-state index >= 15 is 0 Å². The molecular weight excluding hydrogens is 490 g/mol. The van der Waals surface area contributed by atoms with E-state index in [1.54, 1.807) is 0 Å². The lowest BCUT2D eigenvalue weighted by Crippen LogP contribution is -2.40. The van der Waals surface area contributed by atoms with Crippen LogP contribution in [-0.4, -0.2) is 32.4 Å². The topological polar surface area (TPSA) is 159 Å². The second-order valence-electron chi connectivity index (χ2n) is 7.99. The fourth-order valence-corrected chi connectivity index (χ4v) is 4.68. The number of H-pyrrole nitrogens is 1. The van der Waals surface area contributed by atoms with Crippen molar-refractivity contribution in [1.82, 2.24) is 19.1 Å². The second-order valence-corrected chi connectivity index (χ2v) is 9.54. The molecule has 0 aliphatic carbocycles. The molecule has 2 heterocycles. The number of imidazole rings is 1. The predicted octanol–water partition coefficient (Wildman–Crippen LogP) is 3.05. The van der Waals surface area contributed by atoms with Crippen LogP contribution in [0.25, 0.3) is 22.6 Å². The number of nitrogens with zero attached hydrogens (tertiary/aromatic N) is 4. The Kier molecular flexibility index (Phi) is 6.75. The van der Waals surface area contributed by atoms with Gasteiger partial charge < -0.3 is 9.17 Å². The minimum Gasteiger partial charge on any atom is -0.379 e. The summed E-state index contributed by atoms with van der Waals surface area (Å²) in [5, 5.41) is 10.9. The standard InChI is InChI=1S/C23H23N5O7S/c1-3-12-26-21-19(22(29)27(13-4-2)23(26)30)24-20(25-21)15-8-10-18(11-9-15)36(33,34)35-17-7-5-6-16(14-17)28(31)32/h5-11,14H,3-4,12-13H2,1-2H3,(H,24,25). The number of non-ortho nitro benzene ring substituents is 1. The van der Waals surface area contributed by atoms with Gasteiger partial charge in [-0.15, -0.1) is 0 Å². The maximum atomic E-state index is 12.9. The van der Waals surface area contributed by atoms with E-state index in [9.17, 15) is 28.1 Å². The van der Waals surface area contributed by atoms with Crippen LogP contribution in [0.3, 0.4) is 0 Å². The fraction of sp³-hybridized carbons (Fsp3) is 0.261. The van der Waals surface area contributed by atoms with Gasteiger partial charge in [0.1, 0.15) is 22.0 Å². The van der Waals surface area contributed by atoms with Crippen LogP contribution in [0.15, 0.2) is 63.0 Å². The average molecular weight is 514 g/mol. The van der Waals surface area contributed by atoms with E-state index in [1.807, 2.05) is 13.8 Å². The van der Waals surface area contributed by atoms with E-state index in [2.05, 4.69) is 9.97 Å². The Hall–Kier alpha value is -4.26. The van der Waals surface area contributed by atoms with Gasteiger partial charge in [0.25, 0.3) is 11.2 Å². The number of fused-ring (bicyclic) bond motifs is 1. The Balaban J connectivity index is 1.70. The molecule has 12 nitrogen and oxygen atoms in total. The predicted molar refractivity (Wildman–Crippen MR) is 132 cm³/mol. The van der Waals surface area contributed by atoms with E-state index in [4.69, 9.17) is 4.18 Å². The molecule has 0 aliphatic rings. The Morgan fingerprint density at radius 3 is 2.33 bits per heavy atom. The lowest BCUT2D eigenvalue weighted by atomic mass is 10.2. The highest BCUT2D eigenvalue weighted by Gasteiger charge is 2.20. The Labute approximate surface area is 205 Å². The maximum absolute atomic E-state index is 12.9. The Morgan fingerprint density at radius 2 is 1.69 bits per heavy atom. The molecule has 0 atom stereocenters. The molecule has 0 unspecified atom stereocenters. The summed E-state index contributed by atoms with van der Waals surface area (Å²) in [5.41, 5.74) is -0.279. The smallest absolute Gasteiger partial charge is 0.339 e. The number of aryl methyl sites for hydroxylation is 1. The summed E-state index contributed by atoms with van der Waals surface area (Å²) in [4.78, 5) is 43.3. The summed E-state index contributed by atoms with van der Waals surface area (Å²) in [5.74, 6) is 0.104. The van der Waals surface area contributed by atoms with Gasteiger partial charge in [0.2, 0.25) is 0 Å². The zero-order valence-corrected chi connectivity index (χ0v) is 20.3. The highest BCUT2D eigenvalue weighted by Crippen LogP contribution is 2.25. The number of benzene rings is 2. The molecule has 0 saturated heterocycles. The van der Waals surface area contributed by atoms with Crippen molar-refractivity contribution in [1.29, 1.82) is 0 Å². The molecule has 2 aromatic carbocycles. The molecule has 0 spiro atoms. The molecule has 188 valence electrons. The van der Waals surface area contributed by atoms with Gasteiger partial charge in [-0.25, -0.2) is 9.78 Å². The van der Waals surface area contributed by atoms with Crippen LogP contribution in [0.1, 0.15) is 26.7 Å². The summed E-state index contributed by atoms with van der Waals surface area (Å²) in [6, 6.07) is 10.4. The van der Waals surface area contributed by atoms with E-state index in [0.717, 1.165) is 6.07 Å². The lowest BCUT2D eigenvalue weighted by molar-refractivity contribution is -0.384. The molecule has 0 aliphatic heterocycles. The summed E-state index contributed by atoms with van der Waals surface area (Å²) >= 11 is 0. The van der Waals surface area contributed by atoms with Gasteiger partial charge in [-0.05, 0) is 43.2 Å². The summed E-state index contributed by atoms with van der Waals surface area (Å²) in [7, 11) is -4.27. The highest BCUT2D eigenvalue weighted by atomic mass is 32.2. The van der Waals surface area contributed by atoms with Crippen molar-refractivity contribution in [2.24, 2.45) is 0 Å². The van der Waals surface area contributed by atoms with Crippen LogP contribution in [0.5, 0.6) is 5.75 Å². The maximum Gasteiger partial charge on any atom is 0.339 e. The number of hydrogen-bond donors (Lipinski definition) is 1. The number of aromatic amines is 1. The van der Waals surface area contributed by atoms with Gasteiger partial charge >= 0.3 is 15.8 Å². The Bertz CT molecular complexity index is 1670. The number of aromatic nitrogens is 4. The molecule has 13 heteroatoms. The average Bonchev–Trinajstić information content (AvgIpc) is 3.30. The zero-order valence-electron chi connectivity index (χ0n) is 19.5. The van der Waals surface area contributed by atoms with Crippen LogP contribution < -0.4 is 15.4 Å². The van der Waals surface area contributed by atoms with Crippen molar-refractivity contribution in [2.75, 3.05) is 0 Å². The van der Waals surface area contributed by atoms with Crippen molar-refractivity contribution in [2.45, 2.75) is 44.7 Å². The molecule has 1 N–H and O–H groups in total. The minimum absolute atomic E-state index is 0.179. The summed E-state index contributed by atoms with van der Waals surface area (Å²) in [6.07, 6.45) is 1.28. The molecule has 2 aromatic heterocycles. The van der Waals surface area contributed by atoms with Gasteiger partial charge in [-0.2, -0.15) is 8.42 Å². The normalized spacial score (nSPS) is 11.6. The van der Waals surface area contributed by atoms with Crippen LogP contribution in [0.4, 0.5) is 5.69 Å². The molecule has 0 saturated carbocycles. The van der Waals surface area contributed by atoms with Crippen molar-refractivity contribution in [3.05, 3.63) is 79.5 Å². The summed E-state index contributed by atoms with van der Waals surface area (Å²) in [6.45, 7) is 4.45. The first-order chi connectivity index (χ1) is 17.2. The highest BCUT2D eigenvalue weighted by molar-refractivity contribution is 7.87. The molecule has 4 rings (SSSR count). The molecule has 0 fully saturated rings. The number of rotatable bonds is 9.